The predicted octanol–water partition coefficient (Wildman–Crippen LogP) is 2.23. The van der Waals surface area contributed by atoms with Gasteiger partial charge in [0.25, 0.3) is 0 Å². The Bertz CT molecular complexity index is 265. The highest BCUT2D eigenvalue weighted by molar-refractivity contribution is 5.72. The number of aliphatic carboxylic acids is 1. The Kier molecular flexibility index (Phi) is 5.60. The second-order valence-electron chi connectivity index (χ2n) is 6.22. The molecule has 4 nitrogen and oxygen atoms in total. The lowest BCUT2D eigenvalue weighted by Crippen LogP contribution is -2.44. The lowest BCUT2D eigenvalue weighted by molar-refractivity contribution is -0.151. The van der Waals surface area contributed by atoms with E-state index < -0.39 is 12.1 Å². The minimum absolute atomic E-state index is 0.359. The summed E-state index contributed by atoms with van der Waals surface area (Å²) in [7, 11) is 0. The first kappa shape index (κ1) is 15.4. The van der Waals surface area contributed by atoms with Crippen LogP contribution in [-0.2, 0) is 9.53 Å². The van der Waals surface area contributed by atoms with Gasteiger partial charge in [0, 0.05) is 13.2 Å². The molecule has 0 aromatic carbocycles. The fourth-order valence-electron chi connectivity index (χ4n) is 2.62. The van der Waals surface area contributed by atoms with Crippen molar-refractivity contribution < 1.29 is 14.6 Å². The third kappa shape index (κ3) is 4.58. The molecule has 1 aliphatic heterocycles. The highest BCUT2D eigenvalue weighted by atomic mass is 16.5. The molecule has 1 unspecified atom stereocenters. The number of rotatable bonds is 5. The predicted molar refractivity (Wildman–Crippen MR) is 71.7 cm³/mol. The Hall–Kier alpha value is -0.610. The minimum atomic E-state index is -0.852. The lowest BCUT2D eigenvalue weighted by atomic mass is 9.75. The van der Waals surface area contributed by atoms with Gasteiger partial charge in [0.1, 0.15) is 0 Å². The fourth-order valence-corrected chi connectivity index (χ4v) is 2.62. The fraction of sp³-hybridized carbons (Fsp3) is 0.929. The van der Waals surface area contributed by atoms with Crippen molar-refractivity contribution in [3.63, 3.8) is 0 Å². The summed E-state index contributed by atoms with van der Waals surface area (Å²) in [4.78, 5) is 13.3. The number of carboxylic acids is 1. The number of carboxylic acid groups (broad SMARTS) is 1. The molecule has 106 valence electrons. The molecular formula is C14H27NO3. The van der Waals surface area contributed by atoms with Crippen molar-refractivity contribution in [2.45, 2.75) is 46.6 Å². The summed E-state index contributed by atoms with van der Waals surface area (Å²) in [5.41, 5.74) is 0.359. The van der Waals surface area contributed by atoms with Crippen molar-refractivity contribution in [1.29, 1.82) is 0 Å². The number of piperidine rings is 1. The Morgan fingerprint density at radius 2 is 1.94 bits per heavy atom. The molecule has 0 saturated carbocycles. The maximum Gasteiger partial charge on any atom is 0.334 e. The second-order valence-corrected chi connectivity index (χ2v) is 6.22. The van der Waals surface area contributed by atoms with Crippen molar-refractivity contribution >= 4 is 5.97 Å². The van der Waals surface area contributed by atoms with Gasteiger partial charge in [-0.2, -0.15) is 0 Å². The zero-order chi connectivity index (χ0) is 13.8. The summed E-state index contributed by atoms with van der Waals surface area (Å²) in [6, 6.07) is 0. The third-order valence-corrected chi connectivity index (χ3v) is 3.88. The van der Waals surface area contributed by atoms with Gasteiger partial charge in [-0.15, -0.1) is 0 Å². The minimum Gasteiger partial charge on any atom is -0.479 e. The van der Waals surface area contributed by atoms with Gasteiger partial charge in [-0.05, 0) is 44.2 Å². The zero-order valence-corrected chi connectivity index (χ0v) is 12.1. The summed E-state index contributed by atoms with van der Waals surface area (Å²) < 4.78 is 5.26. The maximum atomic E-state index is 11.0. The van der Waals surface area contributed by atoms with Gasteiger partial charge in [0.2, 0.25) is 0 Å². The summed E-state index contributed by atoms with van der Waals surface area (Å²) >= 11 is 0. The Labute approximate surface area is 110 Å². The van der Waals surface area contributed by atoms with Crippen LogP contribution in [-0.4, -0.2) is 48.3 Å². The van der Waals surface area contributed by atoms with Crippen LogP contribution in [0.3, 0.4) is 0 Å². The molecule has 0 radical (unpaired) electrons. The van der Waals surface area contributed by atoms with Crippen LogP contribution < -0.4 is 0 Å². The molecule has 1 saturated heterocycles. The Balaban J connectivity index is 2.41. The molecule has 1 aliphatic rings. The summed E-state index contributed by atoms with van der Waals surface area (Å²) in [5, 5.41) is 9.06. The van der Waals surface area contributed by atoms with Crippen molar-refractivity contribution in [3.8, 4) is 0 Å². The monoisotopic (exact) mass is 257 g/mol. The van der Waals surface area contributed by atoms with Crippen LogP contribution in [0.15, 0.2) is 0 Å². The summed E-state index contributed by atoms with van der Waals surface area (Å²) in [5.74, 6) is -0.112. The molecule has 0 bridgehead atoms. The maximum absolute atomic E-state index is 11.0. The van der Waals surface area contributed by atoms with Gasteiger partial charge in [-0.25, -0.2) is 4.79 Å². The molecule has 1 N–H and O–H groups in total. The number of hydrogen-bond donors (Lipinski definition) is 1. The van der Waals surface area contributed by atoms with Crippen LogP contribution in [0.25, 0.3) is 0 Å². The van der Waals surface area contributed by atoms with Gasteiger partial charge in [0.05, 0.1) is 0 Å². The first-order chi connectivity index (χ1) is 8.34. The number of nitrogens with zero attached hydrogens (tertiary/aromatic N) is 1. The van der Waals surface area contributed by atoms with E-state index >= 15 is 0 Å². The van der Waals surface area contributed by atoms with Gasteiger partial charge in [-0.1, -0.05) is 20.8 Å². The Morgan fingerprint density at radius 1 is 1.39 bits per heavy atom. The topological polar surface area (TPSA) is 49.8 Å². The van der Waals surface area contributed by atoms with Crippen LogP contribution in [0.4, 0.5) is 0 Å². The molecule has 0 spiro atoms. The number of likely N-dealkylation sites (tertiary alicyclic amines) is 1. The largest absolute Gasteiger partial charge is 0.479 e. The molecule has 1 rings (SSSR count). The van der Waals surface area contributed by atoms with E-state index in [-0.39, 0.29) is 0 Å². The van der Waals surface area contributed by atoms with Gasteiger partial charge >= 0.3 is 5.97 Å². The van der Waals surface area contributed by atoms with Crippen molar-refractivity contribution in [3.05, 3.63) is 0 Å². The quantitative estimate of drug-likeness (QED) is 0.820. The molecule has 0 aromatic heterocycles. The first-order valence-electron chi connectivity index (χ1n) is 6.91. The molecular weight excluding hydrogens is 230 g/mol. The van der Waals surface area contributed by atoms with E-state index in [4.69, 9.17) is 9.84 Å². The molecule has 1 fully saturated rings. The number of carbonyl (C=O) groups is 1. The van der Waals surface area contributed by atoms with E-state index in [2.05, 4.69) is 25.7 Å². The van der Waals surface area contributed by atoms with E-state index in [1.807, 2.05) is 6.92 Å². The van der Waals surface area contributed by atoms with Gasteiger partial charge in [0.15, 0.2) is 6.10 Å². The van der Waals surface area contributed by atoms with Gasteiger partial charge in [-0.3, -0.25) is 0 Å². The molecule has 0 amide bonds. The standard InChI is InChI=1S/C14H27NO3/c1-5-18-12(13(16)17)10-15-8-6-11(7-9-15)14(2,3)4/h11-12H,5-10H2,1-4H3,(H,16,17). The summed E-state index contributed by atoms with van der Waals surface area (Å²) in [6.45, 7) is 11.6. The highest BCUT2D eigenvalue weighted by Gasteiger charge is 2.30. The van der Waals surface area contributed by atoms with Crippen LogP contribution in [0.5, 0.6) is 0 Å². The van der Waals surface area contributed by atoms with Crippen molar-refractivity contribution in [2.24, 2.45) is 11.3 Å². The molecule has 4 heteroatoms. The lowest BCUT2D eigenvalue weighted by Gasteiger charge is -2.39. The molecule has 0 aliphatic carbocycles. The van der Waals surface area contributed by atoms with Crippen LogP contribution >= 0.6 is 0 Å². The number of ether oxygens (including phenoxy) is 1. The normalized spacial score (nSPS) is 20.9. The molecule has 0 aromatic rings. The Morgan fingerprint density at radius 3 is 2.33 bits per heavy atom. The SMILES string of the molecule is CCOC(CN1CCC(C(C)(C)C)CC1)C(=O)O. The second kappa shape index (κ2) is 6.53. The van der Waals surface area contributed by atoms with Crippen molar-refractivity contribution in [1.82, 2.24) is 4.90 Å². The molecule has 18 heavy (non-hydrogen) atoms. The smallest absolute Gasteiger partial charge is 0.334 e. The van der Waals surface area contributed by atoms with E-state index in [0.29, 0.717) is 18.6 Å². The first-order valence-corrected chi connectivity index (χ1v) is 6.91. The highest BCUT2D eigenvalue weighted by Crippen LogP contribution is 2.34. The van der Waals surface area contributed by atoms with Crippen LogP contribution in [0.1, 0.15) is 40.5 Å². The number of hydrogen-bond acceptors (Lipinski definition) is 3. The van der Waals surface area contributed by atoms with E-state index in [9.17, 15) is 4.79 Å². The zero-order valence-electron chi connectivity index (χ0n) is 12.1. The van der Waals surface area contributed by atoms with E-state index in [1.165, 1.54) is 0 Å². The van der Waals surface area contributed by atoms with Crippen LogP contribution in [0.2, 0.25) is 0 Å². The summed E-state index contributed by atoms with van der Waals surface area (Å²) in [6.07, 6.45) is 1.63. The third-order valence-electron chi connectivity index (χ3n) is 3.88. The molecule has 1 heterocycles. The van der Waals surface area contributed by atoms with Crippen LogP contribution in [0, 0.1) is 11.3 Å². The average Bonchev–Trinajstić information content (AvgIpc) is 2.28. The van der Waals surface area contributed by atoms with Crippen molar-refractivity contribution in [2.75, 3.05) is 26.2 Å². The average molecular weight is 257 g/mol. The molecule has 1 atom stereocenters. The van der Waals surface area contributed by atoms with E-state index in [1.54, 1.807) is 0 Å². The van der Waals surface area contributed by atoms with Gasteiger partial charge < -0.3 is 14.7 Å². The van der Waals surface area contributed by atoms with E-state index in [0.717, 1.165) is 31.8 Å².